The number of carbonyl (C=O) groups is 2. The second kappa shape index (κ2) is 9.00. The summed E-state index contributed by atoms with van der Waals surface area (Å²) >= 11 is 12.8. The normalized spacial score (nSPS) is 20.6. The van der Waals surface area contributed by atoms with E-state index < -0.39 is 11.9 Å². The maximum Gasteiger partial charge on any atom is 0.336 e. The van der Waals surface area contributed by atoms with E-state index in [1.165, 1.54) is 7.11 Å². The fourth-order valence-corrected chi connectivity index (χ4v) is 5.00. The number of hydrogen-bond acceptors (Lipinski definition) is 5. The summed E-state index contributed by atoms with van der Waals surface area (Å²) in [6.45, 7) is 1.81. The summed E-state index contributed by atoms with van der Waals surface area (Å²) in [4.78, 5) is 26.2. The van der Waals surface area contributed by atoms with E-state index in [-0.39, 0.29) is 11.7 Å². The van der Waals surface area contributed by atoms with Crippen LogP contribution in [-0.2, 0) is 14.3 Å². The Labute approximate surface area is 197 Å². The molecule has 0 saturated carbocycles. The van der Waals surface area contributed by atoms with E-state index in [2.05, 4.69) is 5.32 Å². The highest BCUT2D eigenvalue weighted by molar-refractivity contribution is 6.42. The van der Waals surface area contributed by atoms with Gasteiger partial charge in [-0.3, -0.25) is 4.79 Å². The number of esters is 1. The van der Waals surface area contributed by atoms with Crippen LogP contribution in [0.2, 0.25) is 10.0 Å². The first-order valence-electron chi connectivity index (χ1n) is 10.3. The highest BCUT2D eigenvalue weighted by atomic mass is 35.5. The minimum Gasteiger partial charge on any atom is -0.497 e. The van der Waals surface area contributed by atoms with Gasteiger partial charge >= 0.3 is 5.97 Å². The monoisotopic (exact) mass is 471 g/mol. The van der Waals surface area contributed by atoms with Crippen molar-refractivity contribution in [1.29, 1.82) is 0 Å². The van der Waals surface area contributed by atoms with Gasteiger partial charge in [-0.15, -0.1) is 0 Å². The Morgan fingerprint density at radius 3 is 2.44 bits per heavy atom. The summed E-state index contributed by atoms with van der Waals surface area (Å²) < 4.78 is 10.3. The summed E-state index contributed by atoms with van der Waals surface area (Å²) in [6.07, 6.45) is 0.961. The number of ketones is 1. The number of carbonyl (C=O) groups excluding carboxylic acids is 2. The van der Waals surface area contributed by atoms with Crippen LogP contribution in [0, 0.1) is 0 Å². The SMILES string of the molecule is COC(=O)C1=C(C)NC2=C(C(=O)C[C@@H](c3ccc(OC)cc3)C2)[C@@H]1c1cccc(Cl)c1Cl. The van der Waals surface area contributed by atoms with Crippen molar-refractivity contribution in [2.24, 2.45) is 0 Å². The number of dihydropyridines is 1. The van der Waals surface area contributed by atoms with Crippen LogP contribution in [0.15, 0.2) is 65.0 Å². The summed E-state index contributed by atoms with van der Waals surface area (Å²) in [6, 6.07) is 13.0. The van der Waals surface area contributed by atoms with E-state index in [0.717, 1.165) is 17.0 Å². The molecule has 2 atom stereocenters. The van der Waals surface area contributed by atoms with E-state index in [1.807, 2.05) is 31.2 Å². The Balaban J connectivity index is 1.81. The van der Waals surface area contributed by atoms with E-state index >= 15 is 0 Å². The summed E-state index contributed by atoms with van der Waals surface area (Å²) in [5, 5.41) is 4.00. The molecular weight excluding hydrogens is 449 g/mol. The summed E-state index contributed by atoms with van der Waals surface area (Å²) in [5.41, 5.74) is 4.03. The average molecular weight is 472 g/mol. The number of nitrogens with one attached hydrogen (secondary N) is 1. The zero-order valence-corrected chi connectivity index (χ0v) is 19.5. The lowest BCUT2D eigenvalue weighted by Crippen LogP contribution is -2.36. The third-order valence-corrected chi connectivity index (χ3v) is 6.95. The molecule has 0 radical (unpaired) electrons. The van der Waals surface area contributed by atoms with Crippen molar-refractivity contribution >= 4 is 35.0 Å². The smallest absolute Gasteiger partial charge is 0.336 e. The largest absolute Gasteiger partial charge is 0.497 e. The molecule has 166 valence electrons. The number of Topliss-reactive ketones (excluding diaryl/α,β-unsaturated/α-hetero) is 1. The maximum atomic E-state index is 13.5. The summed E-state index contributed by atoms with van der Waals surface area (Å²) in [5.74, 6) is -0.400. The van der Waals surface area contributed by atoms with Crippen molar-refractivity contribution in [3.8, 4) is 5.75 Å². The molecule has 0 aromatic heterocycles. The van der Waals surface area contributed by atoms with Crippen LogP contribution in [0.4, 0.5) is 0 Å². The first kappa shape index (κ1) is 22.4. The Bertz CT molecular complexity index is 1150. The van der Waals surface area contributed by atoms with Crippen LogP contribution < -0.4 is 10.1 Å². The van der Waals surface area contributed by atoms with Crippen molar-refractivity contribution < 1.29 is 19.1 Å². The van der Waals surface area contributed by atoms with Gasteiger partial charge in [-0.2, -0.15) is 0 Å². The molecular formula is C25H23Cl2NO4. The van der Waals surface area contributed by atoms with Crippen molar-refractivity contribution in [3.63, 3.8) is 0 Å². The van der Waals surface area contributed by atoms with Gasteiger partial charge in [0.25, 0.3) is 0 Å². The minimum atomic E-state index is -0.644. The zero-order valence-electron chi connectivity index (χ0n) is 18.0. The Morgan fingerprint density at radius 2 is 1.78 bits per heavy atom. The molecule has 1 heterocycles. The van der Waals surface area contributed by atoms with Crippen LogP contribution in [-0.4, -0.2) is 26.0 Å². The second-order valence-electron chi connectivity index (χ2n) is 7.93. The quantitative estimate of drug-likeness (QED) is 0.593. The number of rotatable bonds is 4. The zero-order chi connectivity index (χ0) is 23.0. The van der Waals surface area contributed by atoms with Gasteiger partial charge < -0.3 is 14.8 Å². The van der Waals surface area contributed by atoms with Crippen LogP contribution >= 0.6 is 23.2 Å². The predicted octanol–water partition coefficient (Wildman–Crippen LogP) is 5.54. The molecule has 0 spiro atoms. The molecule has 1 aliphatic heterocycles. The lowest BCUT2D eigenvalue weighted by atomic mass is 9.71. The number of methoxy groups -OCH3 is 2. The average Bonchev–Trinajstić information content (AvgIpc) is 2.79. The van der Waals surface area contributed by atoms with Crippen molar-refractivity contribution in [2.75, 3.05) is 14.2 Å². The number of benzene rings is 2. The first-order chi connectivity index (χ1) is 15.3. The molecule has 32 heavy (non-hydrogen) atoms. The molecule has 5 nitrogen and oxygen atoms in total. The fourth-order valence-electron chi connectivity index (χ4n) is 4.59. The third kappa shape index (κ3) is 3.91. The van der Waals surface area contributed by atoms with Crippen LogP contribution in [0.25, 0.3) is 0 Å². The molecule has 0 amide bonds. The maximum absolute atomic E-state index is 13.5. The lowest BCUT2D eigenvalue weighted by molar-refractivity contribution is -0.136. The summed E-state index contributed by atoms with van der Waals surface area (Å²) in [7, 11) is 2.95. The molecule has 1 aliphatic carbocycles. The van der Waals surface area contributed by atoms with Crippen LogP contribution in [0.5, 0.6) is 5.75 Å². The molecule has 2 aliphatic rings. The van der Waals surface area contributed by atoms with Crippen molar-refractivity contribution in [1.82, 2.24) is 5.32 Å². The first-order valence-corrected chi connectivity index (χ1v) is 11.0. The lowest BCUT2D eigenvalue weighted by Gasteiger charge is -2.37. The number of halogens is 2. The molecule has 0 fully saturated rings. The van der Waals surface area contributed by atoms with E-state index in [1.54, 1.807) is 25.3 Å². The van der Waals surface area contributed by atoms with Crippen LogP contribution in [0.1, 0.15) is 42.7 Å². The van der Waals surface area contributed by atoms with Crippen molar-refractivity contribution in [2.45, 2.75) is 31.6 Å². The predicted molar refractivity (Wildman–Crippen MR) is 124 cm³/mol. The van der Waals surface area contributed by atoms with E-state index in [0.29, 0.717) is 45.3 Å². The van der Waals surface area contributed by atoms with Gasteiger partial charge in [0.1, 0.15) is 5.75 Å². The second-order valence-corrected chi connectivity index (χ2v) is 8.71. The number of ether oxygens (including phenoxy) is 2. The minimum absolute atomic E-state index is 0.0163. The fraction of sp³-hybridized carbons (Fsp3) is 0.280. The molecule has 0 bridgehead atoms. The van der Waals surface area contributed by atoms with Gasteiger partial charge in [-0.25, -0.2) is 4.79 Å². The number of allylic oxidation sites excluding steroid dienone is 3. The molecule has 0 unspecified atom stereocenters. The topological polar surface area (TPSA) is 64.6 Å². The molecule has 2 aromatic carbocycles. The Hall–Kier alpha value is -2.76. The highest BCUT2D eigenvalue weighted by Crippen LogP contribution is 2.48. The molecule has 0 saturated heterocycles. The van der Waals surface area contributed by atoms with Gasteiger partial charge in [-0.1, -0.05) is 47.5 Å². The van der Waals surface area contributed by atoms with Gasteiger partial charge in [0, 0.05) is 29.3 Å². The van der Waals surface area contributed by atoms with Gasteiger partial charge in [0.05, 0.1) is 29.8 Å². The molecule has 2 aromatic rings. The highest BCUT2D eigenvalue weighted by Gasteiger charge is 2.42. The van der Waals surface area contributed by atoms with Crippen LogP contribution in [0.3, 0.4) is 0 Å². The Morgan fingerprint density at radius 1 is 1.06 bits per heavy atom. The standard InChI is InChI=1S/C25H23Cl2NO4/c1-13-21(25(30)32-3)22(17-5-4-6-18(26)24(17)27)23-19(28-13)11-15(12-20(23)29)14-7-9-16(31-2)10-8-14/h4-10,15,22,28H,11-12H2,1-3H3/t15-,22+/m0/s1. The molecule has 1 N–H and O–H groups in total. The molecule has 7 heteroatoms. The third-order valence-electron chi connectivity index (χ3n) is 6.11. The molecule has 4 rings (SSSR count). The van der Waals surface area contributed by atoms with E-state index in [9.17, 15) is 9.59 Å². The van der Waals surface area contributed by atoms with Crippen molar-refractivity contribution in [3.05, 3.63) is 86.2 Å². The van der Waals surface area contributed by atoms with Gasteiger partial charge in [0.15, 0.2) is 5.78 Å². The Kier molecular flexibility index (Phi) is 6.31. The number of hydrogen-bond donors (Lipinski definition) is 1. The van der Waals surface area contributed by atoms with Gasteiger partial charge in [-0.05, 0) is 48.6 Å². The van der Waals surface area contributed by atoms with Gasteiger partial charge in [0.2, 0.25) is 0 Å². The van der Waals surface area contributed by atoms with E-state index in [4.69, 9.17) is 32.7 Å².